The van der Waals surface area contributed by atoms with Crippen LogP contribution in [0.15, 0.2) is 0 Å². The van der Waals surface area contributed by atoms with Crippen LogP contribution in [0.3, 0.4) is 0 Å². The van der Waals surface area contributed by atoms with Crippen LogP contribution in [-0.2, 0) is 4.79 Å². The first-order chi connectivity index (χ1) is 3.18. The summed E-state index contributed by atoms with van der Waals surface area (Å²) >= 11 is 0. The number of nitrogens with one attached hydrogen (secondary N) is 1. The van der Waals surface area contributed by atoms with Crippen LogP contribution < -0.4 is 0 Å². The fourth-order valence-electron chi connectivity index (χ4n) is 0.0909. The van der Waals surface area contributed by atoms with Crippen molar-refractivity contribution in [3.05, 3.63) is 0 Å². The third-order valence-corrected chi connectivity index (χ3v) is 0.445. The molecular formula is C3H6N2O2. The molecular weight excluding hydrogens is 96.0 g/mol. The quantitative estimate of drug-likeness (QED) is 0.209. The Labute approximate surface area is 40.8 Å². The number of rotatable bonds is 1. The van der Waals surface area contributed by atoms with E-state index in [-0.39, 0.29) is 5.06 Å². The summed E-state index contributed by atoms with van der Waals surface area (Å²) < 4.78 is 0. The standard InChI is InChI=1S/C3H6N2O2/c1-3(6)5(7)2-4/h2,4,7H,1H3. The summed E-state index contributed by atoms with van der Waals surface area (Å²) in [6, 6.07) is 0. The molecule has 0 spiro atoms. The highest BCUT2D eigenvalue weighted by atomic mass is 16.5. The lowest BCUT2D eigenvalue weighted by Crippen LogP contribution is -2.21. The van der Waals surface area contributed by atoms with Crippen LogP contribution in [0.4, 0.5) is 0 Å². The summed E-state index contributed by atoms with van der Waals surface area (Å²) in [7, 11) is 0. The summed E-state index contributed by atoms with van der Waals surface area (Å²) in [5.74, 6) is -0.560. The van der Waals surface area contributed by atoms with Gasteiger partial charge >= 0.3 is 0 Å². The van der Waals surface area contributed by atoms with Gasteiger partial charge in [-0.15, -0.1) is 0 Å². The molecule has 0 heterocycles. The SMILES string of the molecule is CC(=O)N(O)C=N. The Balaban J connectivity index is 3.55. The topological polar surface area (TPSA) is 64.4 Å². The van der Waals surface area contributed by atoms with Gasteiger partial charge in [-0.2, -0.15) is 5.06 Å². The largest absolute Gasteiger partial charge is 0.289 e. The molecule has 0 aromatic heterocycles. The van der Waals surface area contributed by atoms with Gasteiger partial charge in [-0.05, 0) is 0 Å². The fourth-order valence-corrected chi connectivity index (χ4v) is 0.0909. The third-order valence-electron chi connectivity index (χ3n) is 0.445. The maximum atomic E-state index is 9.90. The Morgan fingerprint density at radius 2 is 2.43 bits per heavy atom. The molecule has 0 aromatic carbocycles. The van der Waals surface area contributed by atoms with Crippen molar-refractivity contribution in [3.8, 4) is 0 Å². The molecule has 1 amide bonds. The van der Waals surface area contributed by atoms with Crippen molar-refractivity contribution in [3.63, 3.8) is 0 Å². The van der Waals surface area contributed by atoms with Gasteiger partial charge in [0, 0.05) is 6.92 Å². The van der Waals surface area contributed by atoms with Gasteiger partial charge < -0.3 is 0 Å². The van der Waals surface area contributed by atoms with E-state index in [2.05, 4.69) is 0 Å². The molecule has 0 aliphatic carbocycles. The number of hydrogen-bond acceptors (Lipinski definition) is 3. The van der Waals surface area contributed by atoms with E-state index in [4.69, 9.17) is 10.6 Å². The smallest absolute Gasteiger partial charge is 0.248 e. The van der Waals surface area contributed by atoms with Gasteiger partial charge in [0.15, 0.2) is 0 Å². The van der Waals surface area contributed by atoms with Crippen LogP contribution in [0.2, 0.25) is 0 Å². The lowest BCUT2D eigenvalue weighted by Gasteiger charge is -2.00. The predicted octanol–water partition coefficient (Wildman–Crippen LogP) is -0.169. The molecule has 0 atom stereocenters. The van der Waals surface area contributed by atoms with E-state index in [0.717, 1.165) is 6.92 Å². The Morgan fingerprint density at radius 3 is 2.43 bits per heavy atom. The second-order valence-electron chi connectivity index (χ2n) is 0.993. The summed E-state index contributed by atoms with van der Waals surface area (Å²) in [5, 5.41) is 14.6. The number of carbonyl (C=O) groups is 1. The molecule has 0 aromatic rings. The van der Waals surface area contributed by atoms with Crippen molar-refractivity contribution < 1.29 is 10.0 Å². The second-order valence-corrected chi connectivity index (χ2v) is 0.993. The molecule has 0 rings (SSSR count). The zero-order chi connectivity index (χ0) is 5.86. The Kier molecular flexibility index (Phi) is 2.01. The van der Waals surface area contributed by atoms with Crippen LogP contribution in [0.5, 0.6) is 0 Å². The van der Waals surface area contributed by atoms with Gasteiger partial charge in [-0.25, -0.2) is 0 Å². The third kappa shape index (κ3) is 1.88. The van der Waals surface area contributed by atoms with Gasteiger partial charge in [-0.1, -0.05) is 0 Å². The number of amides is 1. The summed E-state index contributed by atoms with van der Waals surface area (Å²) in [5.41, 5.74) is 0. The Morgan fingerprint density at radius 1 is 2.00 bits per heavy atom. The molecule has 0 aliphatic heterocycles. The first-order valence-electron chi connectivity index (χ1n) is 1.67. The van der Waals surface area contributed by atoms with Crippen molar-refractivity contribution in [2.24, 2.45) is 0 Å². The number of nitrogens with zero attached hydrogens (tertiary/aromatic N) is 1. The molecule has 2 N–H and O–H groups in total. The highest BCUT2D eigenvalue weighted by Gasteiger charge is 1.95. The van der Waals surface area contributed by atoms with Gasteiger partial charge in [0.05, 0.1) is 0 Å². The van der Waals surface area contributed by atoms with Crippen LogP contribution in [0, 0.1) is 5.41 Å². The molecule has 4 nitrogen and oxygen atoms in total. The van der Waals surface area contributed by atoms with E-state index in [9.17, 15) is 4.79 Å². The predicted molar refractivity (Wildman–Crippen MR) is 23.1 cm³/mol. The molecule has 7 heavy (non-hydrogen) atoms. The van der Waals surface area contributed by atoms with E-state index in [1.165, 1.54) is 0 Å². The van der Waals surface area contributed by atoms with Gasteiger partial charge in [0.25, 0.3) is 0 Å². The lowest BCUT2D eigenvalue weighted by atomic mass is 10.7. The number of hydroxylamine groups is 2. The van der Waals surface area contributed by atoms with E-state index in [1.807, 2.05) is 0 Å². The zero-order valence-corrected chi connectivity index (χ0v) is 3.88. The molecule has 0 unspecified atom stereocenters. The van der Waals surface area contributed by atoms with E-state index in [0.29, 0.717) is 6.34 Å². The van der Waals surface area contributed by atoms with Crippen LogP contribution in [0.1, 0.15) is 6.92 Å². The van der Waals surface area contributed by atoms with E-state index >= 15 is 0 Å². The fraction of sp³-hybridized carbons (Fsp3) is 0.333. The van der Waals surface area contributed by atoms with E-state index < -0.39 is 5.91 Å². The molecule has 0 radical (unpaired) electrons. The maximum Gasteiger partial charge on any atom is 0.248 e. The van der Waals surface area contributed by atoms with Gasteiger partial charge in [-0.3, -0.25) is 15.4 Å². The van der Waals surface area contributed by atoms with E-state index in [1.54, 1.807) is 0 Å². The minimum absolute atomic E-state index is 0.194. The lowest BCUT2D eigenvalue weighted by molar-refractivity contribution is -0.145. The zero-order valence-electron chi connectivity index (χ0n) is 3.88. The van der Waals surface area contributed by atoms with Crippen molar-refractivity contribution in [1.82, 2.24) is 5.06 Å². The number of carbonyl (C=O) groups excluding carboxylic acids is 1. The number of hydrogen-bond donors (Lipinski definition) is 2. The van der Waals surface area contributed by atoms with Crippen molar-refractivity contribution in [1.29, 1.82) is 5.41 Å². The Hall–Kier alpha value is -0.900. The molecule has 4 heteroatoms. The normalized spacial score (nSPS) is 7.71. The summed E-state index contributed by atoms with van der Waals surface area (Å²) in [6.07, 6.45) is 0.530. The molecule has 0 aliphatic rings. The molecule has 0 bridgehead atoms. The molecule has 40 valence electrons. The highest BCUT2D eigenvalue weighted by Crippen LogP contribution is 1.71. The van der Waals surface area contributed by atoms with Gasteiger partial charge in [0.2, 0.25) is 5.91 Å². The summed E-state index contributed by atoms with van der Waals surface area (Å²) in [6.45, 7) is 1.16. The Bertz CT molecular complexity index is 90.9. The average Bonchev–Trinajstić information content (AvgIpc) is 1.65. The first kappa shape index (κ1) is 6.10. The van der Waals surface area contributed by atoms with Crippen molar-refractivity contribution in [2.75, 3.05) is 0 Å². The minimum Gasteiger partial charge on any atom is -0.289 e. The van der Waals surface area contributed by atoms with Crippen LogP contribution >= 0.6 is 0 Å². The molecule has 0 saturated carbocycles. The second kappa shape index (κ2) is 2.30. The van der Waals surface area contributed by atoms with Crippen molar-refractivity contribution >= 4 is 12.2 Å². The minimum atomic E-state index is -0.560. The average molecular weight is 102 g/mol. The highest BCUT2D eigenvalue weighted by molar-refractivity contribution is 5.82. The molecule has 0 saturated heterocycles. The monoisotopic (exact) mass is 102 g/mol. The van der Waals surface area contributed by atoms with Crippen LogP contribution in [-0.4, -0.2) is 22.5 Å². The molecule has 0 fully saturated rings. The van der Waals surface area contributed by atoms with Gasteiger partial charge in [0.1, 0.15) is 6.34 Å². The maximum absolute atomic E-state index is 9.90. The van der Waals surface area contributed by atoms with Crippen molar-refractivity contribution in [2.45, 2.75) is 6.92 Å². The first-order valence-corrected chi connectivity index (χ1v) is 1.67. The summed E-state index contributed by atoms with van der Waals surface area (Å²) in [4.78, 5) is 9.90. The van der Waals surface area contributed by atoms with Crippen LogP contribution in [0.25, 0.3) is 0 Å².